The molecule has 0 aliphatic carbocycles. The summed E-state index contributed by atoms with van der Waals surface area (Å²) in [5.41, 5.74) is 0.743. The van der Waals surface area contributed by atoms with Crippen LogP contribution in [-0.2, 0) is 4.74 Å². The third-order valence-electron chi connectivity index (χ3n) is 3.70. The molecule has 1 fully saturated rings. The van der Waals surface area contributed by atoms with Gasteiger partial charge in [-0.3, -0.25) is 0 Å². The number of aromatic amines is 1. The molecule has 0 radical (unpaired) electrons. The van der Waals surface area contributed by atoms with Gasteiger partial charge in [0.25, 0.3) is 0 Å². The standard InChI is InChI=1S/C14H16ClNO6/c15-6-1-2-7-8(3-6)16-4-9(7)21-14-13(20)12(19)11(18)10(5-17)22-14/h1-4,10-14,16-20H,5H2/t10?,11-,12-,13?,14-/m1/s1. The van der Waals surface area contributed by atoms with Crippen molar-refractivity contribution in [2.45, 2.75) is 30.7 Å². The first-order valence-corrected chi connectivity index (χ1v) is 7.13. The molecular weight excluding hydrogens is 314 g/mol. The van der Waals surface area contributed by atoms with Crippen molar-refractivity contribution in [2.24, 2.45) is 0 Å². The number of aliphatic hydroxyl groups excluding tert-OH is 4. The predicted octanol–water partition coefficient (Wildman–Crippen LogP) is -0.000000000000000278. The molecule has 1 aliphatic rings. The van der Waals surface area contributed by atoms with Crippen LogP contribution in [0.4, 0.5) is 0 Å². The number of rotatable bonds is 3. The Morgan fingerprint density at radius 1 is 1.18 bits per heavy atom. The number of fused-ring (bicyclic) bond motifs is 1. The van der Waals surface area contributed by atoms with Crippen LogP contribution >= 0.6 is 11.6 Å². The summed E-state index contributed by atoms with van der Waals surface area (Å²) in [6, 6.07) is 5.16. The van der Waals surface area contributed by atoms with E-state index in [0.29, 0.717) is 10.8 Å². The van der Waals surface area contributed by atoms with E-state index in [-0.39, 0.29) is 0 Å². The Bertz CT molecular complexity index is 660. The molecule has 2 aromatic rings. The van der Waals surface area contributed by atoms with E-state index in [4.69, 9.17) is 26.2 Å². The third-order valence-corrected chi connectivity index (χ3v) is 3.93. The van der Waals surface area contributed by atoms with E-state index in [1.165, 1.54) is 0 Å². The van der Waals surface area contributed by atoms with Crippen molar-refractivity contribution >= 4 is 22.5 Å². The molecule has 22 heavy (non-hydrogen) atoms. The second-order valence-corrected chi connectivity index (χ2v) is 5.59. The monoisotopic (exact) mass is 329 g/mol. The second-order valence-electron chi connectivity index (χ2n) is 5.16. The number of nitrogens with one attached hydrogen (secondary N) is 1. The Kier molecular flexibility index (Phi) is 4.26. The molecule has 1 aliphatic heterocycles. The maximum Gasteiger partial charge on any atom is 0.229 e. The zero-order valence-corrected chi connectivity index (χ0v) is 12.1. The van der Waals surface area contributed by atoms with Gasteiger partial charge < -0.3 is 34.9 Å². The number of benzene rings is 1. The Balaban J connectivity index is 1.84. The first-order chi connectivity index (χ1) is 10.5. The number of hydrogen-bond donors (Lipinski definition) is 5. The van der Waals surface area contributed by atoms with Gasteiger partial charge >= 0.3 is 0 Å². The molecule has 1 aromatic heterocycles. The minimum Gasteiger partial charge on any atom is -0.460 e. The maximum absolute atomic E-state index is 9.96. The van der Waals surface area contributed by atoms with Crippen molar-refractivity contribution < 1.29 is 29.9 Å². The van der Waals surface area contributed by atoms with Gasteiger partial charge in [0.15, 0.2) is 0 Å². The van der Waals surface area contributed by atoms with Crippen LogP contribution in [0.2, 0.25) is 5.02 Å². The Hall–Kier alpha value is -1.35. The van der Waals surface area contributed by atoms with Gasteiger partial charge in [0.2, 0.25) is 6.29 Å². The van der Waals surface area contributed by atoms with E-state index < -0.39 is 37.3 Å². The quantitative estimate of drug-likeness (QED) is 0.541. The van der Waals surface area contributed by atoms with Crippen molar-refractivity contribution in [1.82, 2.24) is 4.98 Å². The fourth-order valence-corrected chi connectivity index (χ4v) is 2.63. The summed E-state index contributed by atoms with van der Waals surface area (Å²) in [5, 5.41) is 39.9. The number of H-pyrrole nitrogens is 1. The second kappa shape index (κ2) is 6.04. The Morgan fingerprint density at radius 2 is 1.95 bits per heavy atom. The zero-order chi connectivity index (χ0) is 15.9. The molecule has 8 heteroatoms. The summed E-state index contributed by atoms with van der Waals surface area (Å²) in [7, 11) is 0. The smallest absolute Gasteiger partial charge is 0.229 e. The first-order valence-electron chi connectivity index (χ1n) is 6.75. The van der Waals surface area contributed by atoms with E-state index in [2.05, 4.69) is 4.98 Å². The Morgan fingerprint density at radius 3 is 2.68 bits per heavy atom. The number of aromatic nitrogens is 1. The molecule has 7 nitrogen and oxygen atoms in total. The van der Waals surface area contributed by atoms with E-state index in [0.717, 1.165) is 10.9 Å². The van der Waals surface area contributed by atoms with E-state index in [1.54, 1.807) is 24.4 Å². The van der Waals surface area contributed by atoms with Crippen molar-refractivity contribution in [3.8, 4) is 5.75 Å². The van der Waals surface area contributed by atoms with Gasteiger partial charge in [0, 0.05) is 16.6 Å². The molecule has 5 N–H and O–H groups in total. The molecule has 5 atom stereocenters. The molecular formula is C14H16ClNO6. The van der Waals surface area contributed by atoms with E-state index >= 15 is 0 Å². The molecule has 3 rings (SSSR count). The lowest BCUT2D eigenvalue weighted by Crippen LogP contribution is -2.60. The fourth-order valence-electron chi connectivity index (χ4n) is 2.46. The van der Waals surface area contributed by atoms with Crippen LogP contribution in [0, 0.1) is 0 Å². The van der Waals surface area contributed by atoms with Crippen molar-refractivity contribution in [3.05, 3.63) is 29.4 Å². The van der Waals surface area contributed by atoms with Gasteiger partial charge in [0.05, 0.1) is 12.1 Å². The van der Waals surface area contributed by atoms with Gasteiger partial charge in [-0.15, -0.1) is 0 Å². The average molecular weight is 330 g/mol. The van der Waals surface area contributed by atoms with Crippen LogP contribution in [-0.4, -0.2) is 62.7 Å². The minimum absolute atomic E-state index is 0.399. The van der Waals surface area contributed by atoms with Gasteiger partial charge in [-0.25, -0.2) is 0 Å². The Labute approximate surface area is 130 Å². The van der Waals surface area contributed by atoms with Gasteiger partial charge in [-0.1, -0.05) is 11.6 Å². The summed E-state index contributed by atoms with van der Waals surface area (Å²) < 4.78 is 10.9. The normalized spacial score (nSPS) is 32.3. The number of aliphatic hydroxyl groups is 4. The molecule has 120 valence electrons. The largest absolute Gasteiger partial charge is 0.460 e. The molecule has 2 heterocycles. The molecule has 0 amide bonds. The summed E-state index contributed by atoms with van der Waals surface area (Å²) in [6.45, 7) is -0.506. The summed E-state index contributed by atoms with van der Waals surface area (Å²) >= 11 is 5.90. The van der Waals surface area contributed by atoms with Gasteiger partial charge in [-0.05, 0) is 18.2 Å². The van der Waals surface area contributed by atoms with Gasteiger partial charge in [-0.2, -0.15) is 0 Å². The third kappa shape index (κ3) is 2.67. The van der Waals surface area contributed by atoms with Crippen molar-refractivity contribution in [3.63, 3.8) is 0 Å². The van der Waals surface area contributed by atoms with Crippen LogP contribution in [0.1, 0.15) is 0 Å². The molecule has 2 unspecified atom stereocenters. The van der Waals surface area contributed by atoms with Crippen LogP contribution in [0.3, 0.4) is 0 Å². The SMILES string of the molecule is OCC1O[C@@H](Oc2c[nH]c3cc(Cl)ccc23)C(O)[C@H](O)[C@@H]1O. The number of ether oxygens (including phenoxy) is 2. The van der Waals surface area contributed by atoms with E-state index in [1.807, 2.05) is 0 Å². The molecule has 1 aromatic carbocycles. The highest BCUT2D eigenvalue weighted by molar-refractivity contribution is 6.31. The zero-order valence-electron chi connectivity index (χ0n) is 11.4. The topological polar surface area (TPSA) is 115 Å². The molecule has 1 saturated heterocycles. The van der Waals surface area contributed by atoms with Crippen molar-refractivity contribution in [1.29, 1.82) is 0 Å². The highest BCUT2D eigenvalue weighted by Gasteiger charge is 2.44. The van der Waals surface area contributed by atoms with Crippen LogP contribution in [0.5, 0.6) is 5.75 Å². The summed E-state index contributed by atoms with van der Waals surface area (Å²) in [5.74, 6) is 0.399. The summed E-state index contributed by atoms with van der Waals surface area (Å²) in [4.78, 5) is 2.97. The lowest BCUT2D eigenvalue weighted by Gasteiger charge is -2.39. The minimum atomic E-state index is -1.48. The highest BCUT2D eigenvalue weighted by atomic mass is 35.5. The molecule has 0 bridgehead atoms. The fraction of sp³-hybridized carbons (Fsp3) is 0.429. The van der Waals surface area contributed by atoms with Crippen LogP contribution < -0.4 is 4.74 Å². The number of halogens is 1. The average Bonchev–Trinajstić information content (AvgIpc) is 2.90. The lowest BCUT2D eigenvalue weighted by molar-refractivity contribution is -0.277. The summed E-state index contributed by atoms with van der Waals surface area (Å²) in [6.07, 6.45) is -5.00. The van der Waals surface area contributed by atoms with Gasteiger partial charge in [0.1, 0.15) is 30.2 Å². The van der Waals surface area contributed by atoms with Crippen LogP contribution in [0.25, 0.3) is 10.9 Å². The number of hydrogen-bond acceptors (Lipinski definition) is 6. The molecule has 0 spiro atoms. The van der Waals surface area contributed by atoms with Crippen LogP contribution in [0.15, 0.2) is 24.4 Å². The first kappa shape index (κ1) is 15.5. The maximum atomic E-state index is 9.96. The van der Waals surface area contributed by atoms with Crippen molar-refractivity contribution in [2.75, 3.05) is 6.61 Å². The highest BCUT2D eigenvalue weighted by Crippen LogP contribution is 2.31. The molecule has 0 saturated carbocycles. The van der Waals surface area contributed by atoms with E-state index in [9.17, 15) is 15.3 Å². The lowest BCUT2D eigenvalue weighted by atomic mass is 9.99. The predicted molar refractivity (Wildman–Crippen MR) is 77.7 cm³/mol.